The third-order valence-corrected chi connectivity index (χ3v) is 4.18. The van der Waals surface area contributed by atoms with E-state index >= 15 is 0 Å². The second kappa shape index (κ2) is 8.12. The molecule has 1 heterocycles. The molecular formula is C16H20N2OS2. The Morgan fingerprint density at radius 3 is 2.81 bits per heavy atom. The number of hydrogen-bond acceptors (Lipinski definition) is 4. The average molecular weight is 320 g/mol. The van der Waals surface area contributed by atoms with Crippen molar-refractivity contribution < 1.29 is 4.74 Å². The van der Waals surface area contributed by atoms with Crippen molar-refractivity contribution in [2.75, 3.05) is 20.2 Å². The summed E-state index contributed by atoms with van der Waals surface area (Å²) in [5.74, 6) is 0.769. The predicted octanol–water partition coefficient (Wildman–Crippen LogP) is 3.28. The minimum Gasteiger partial charge on any atom is -0.493 e. The number of para-hydroxylation sites is 1. The van der Waals surface area contributed by atoms with E-state index in [-0.39, 0.29) is 0 Å². The molecule has 0 amide bonds. The molecule has 2 N–H and O–H groups in total. The van der Waals surface area contributed by atoms with Gasteiger partial charge in [-0.25, -0.2) is 0 Å². The standard InChI is InChI=1S/C16H20N2OS2/c1-18(12-13-6-4-11-21-13)9-5-10-19-15-8-3-2-7-14(15)16(17)20/h2-4,6-8,11H,5,9-10,12H2,1H3,(H2,17,20). The van der Waals surface area contributed by atoms with Crippen molar-refractivity contribution in [3.63, 3.8) is 0 Å². The van der Waals surface area contributed by atoms with Crippen molar-refractivity contribution in [2.24, 2.45) is 5.73 Å². The monoisotopic (exact) mass is 320 g/mol. The molecule has 1 aromatic heterocycles. The Kier molecular flexibility index (Phi) is 6.17. The van der Waals surface area contributed by atoms with Crippen LogP contribution in [0.3, 0.4) is 0 Å². The summed E-state index contributed by atoms with van der Waals surface area (Å²) in [5, 5.41) is 2.11. The first-order valence-electron chi connectivity index (χ1n) is 6.89. The molecule has 0 saturated carbocycles. The number of thiocarbonyl (C=S) groups is 1. The summed E-state index contributed by atoms with van der Waals surface area (Å²) in [6.45, 7) is 2.64. The molecule has 0 aliphatic carbocycles. The minimum atomic E-state index is 0.375. The van der Waals surface area contributed by atoms with Crippen LogP contribution in [0.25, 0.3) is 0 Å². The van der Waals surface area contributed by atoms with Crippen molar-refractivity contribution in [3.05, 3.63) is 52.2 Å². The van der Waals surface area contributed by atoms with Gasteiger partial charge in [-0.05, 0) is 37.0 Å². The fourth-order valence-electron chi connectivity index (χ4n) is 2.06. The summed E-state index contributed by atoms with van der Waals surface area (Å²) in [6, 6.07) is 11.9. The van der Waals surface area contributed by atoms with Crippen LogP contribution < -0.4 is 10.5 Å². The SMILES string of the molecule is CN(CCCOc1ccccc1C(N)=S)Cc1cccs1. The Bertz CT molecular complexity index is 569. The first-order chi connectivity index (χ1) is 10.2. The van der Waals surface area contributed by atoms with Gasteiger partial charge in [0.05, 0.1) is 12.2 Å². The van der Waals surface area contributed by atoms with Gasteiger partial charge in [-0.1, -0.05) is 30.4 Å². The van der Waals surface area contributed by atoms with Gasteiger partial charge in [0, 0.05) is 18.0 Å². The van der Waals surface area contributed by atoms with E-state index in [1.165, 1.54) is 4.88 Å². The highest BCUT2D eigenvalue weighted by atomic mass is 32.1. The maximum absolute atomic E-state index is 5.79. The highest BCUT2D eigenvalue weighted by molar-refractivity contribution is 7.80. The Hall–Kier alpha value is -1.43. The van der Waals surface area contributed by atoms with Crippen LogP contribution in [0.2, 0.25) is 0 Å². The van der Waals surface area contributed by atoms with Crippen molar-refractivity contribution in [3.8, 4) is 5.75 Å². The van der Waals surface area contributed by atoms with E-state index in [1.54, 1.807) is 11.3 Å². The number of nitrogens with zero attached hydrogens (tertiary/aromatic N) is 1. The second-order valence-electron chi connectivity index (χ2n) is 4.88. The molecule has 0 spiro atoms. The second-order valence-corrected chi connectivity index (χ2v) is 6.35. The highest BCUT2D eigenvalue weighted by Crippen LogP contribution is 2.18. The van der Waals surface area contributed by atoms with Gasteiger partial charge in [-0.2, -0.15) is 0 Å². The molecule has 2 rings (SSSR count). The number of hydrogen-bond donors (Lipinski definition) is 1. The molecule has 21 heavy (non-hydrogen) atoms. The molecule has 0 aliphatic rings. The largest absolute Gasteiger partial charge is 0.493 e. The molecule has 0 aliphatic heterocycles. The number of ether oxygens (including phenoxy) is 1. The lowest BCUT2D eigenvalue weighted by Crippen LogP contribution is -2.20. The first-order valence-corrected chi connectivity index (χ1v) is 8.18. The molecule has 0 fully saturated rings. The maximum Gasteiger partial charge on any atom is 0.129 e. The summed E-state index contributed by atoms with van der Waals surface area (Å²) in [4.78, 5) is 4.06. The van der Waals surface area contributed by atoms with Crippen molar-refractivity contribution in [1.82, 2.24) is 4.90 Å². The van der Waals surface area contributed by atoms with E-state index in [1.807, 2.05) is 24.3 Å². The summed E-state index contributed by atoms with van der Waals surface area (Å²) in [7, 11) is 2.13. The van der Waals surface area contributed by atoms with Crippen LogP contribution in [0.15, 0.2) is 41.8 Å². The summed E-state index contributed by atoms with van der Waals surface area (Å²) in [5.41, 5.74) is 6.49. The van der Waals surface area contributed by atoms with Gasteiger partial charge in [0.2, 0.25) is 0 Å². The van der Waals surface area contributed by atoms with Crippen molar-refractivity contribution in [1.29, 1.82) is 0 Å². The van der Waals surface area contributed by atoms with Gasteiger partial charge >= 0.3 is 0 Å². The van der Waals surface area contributed by atoms with Crippen LogP contribution >= 0.6 is 23.6 Å². The lowest BCUT2D eigenvalue weighted by atomic mass is 10.2. The molecule has 112 valence electrons. The van der Waals surface area contributed by atoms with E-state index in [0.717, 1.165) is 30.8 Å². The molecule has 0 bridgehead atoms. The van der Waals surface area contributed by atoms with Gasteiger partial charge in [0.25, 0.3) is 0 Å². The highest BCUT2D eigenvalue weighted by Gasteiger charge is 2.06. The number of rotatable bonds is 8. The van der Waals surface area contributed by atoms with Crippen LogP contribution in [0, 0.1) is 0 Å². The normalized spacial score (nSPS) is 10.8. The summed E-state index contributed by atoms with van der Waals surface area (Å²) >= 11 is 6.82. The Balaban J connectivity index is 1.73. The fraction of sp³-hybridized carbons (Fsp3) is 0.312. The molecule has 2 aromatic rings. The van der Waals surface area contributed by atoms with Crippen LogP contribution in [0.4, 0.5) is 0 Å². The van der Waals surface area contributed by atoms with Gasteiger partial charge in [-0.15, -0.1) is 11.3 Å². The third kappa shape index (κ3) is 5.12. The average Bonchev–Trinajstić information content (AvgIpc) is 2.96. The molecule has 0 unspecified atom stereocenters. The van der Waals surface area contributed by atoms with Gasteiger partial charge in [-0.3, -0.25) is 0 Å². The Labute approximate surface area is 135 Å². The van der Waals surface area contributed by atoms with E-state index in [4.69, 9.17) is 22.7 Å². The topological polar surface area (TPSA) is 38.5 Å². The smallest absolute Gasteiger partial charge is 0.129 e. The van der Waals surface area contributed by atoms with Gasteiger partial charge in [0.1, 0.15) is 10.7 Å². The van der Waals surface area contributed by atoms with E-state index < -0.39 is 0 Å². The zero-order valence-electron chi connectivity index (χ0n) is 12.1. The first kappa shape index (κ1) is 15.9. The van der Waals surface area contributed by atoms with E-state index in [2.05, 4.69) is 29.5 Å². The number of nitrogens with two attached hydrogens (primary N) is 1. The summed E-state index contributed by atoms with van der Waals surface area (Å²) in [6.07, 6.45) is 0.966. The van der Waals surface area contributed by atoms with Gasteiger partial charge < -0.3 is 15.4 Å². The molecule has 5 heteroatoms. The zero-order chi connectivity index (χ0) is 15.1. The fourth-order valence-corrected chi connectivity index (χ4v) is 3.01. The molecule has 0 saturated heterocycles. The molecule has 1 aromatic carbocycles. The summed E-state index contributed by atoms with van der Waals surface area (Å²) < 4.78 is 5.79. The van der Waals surface area contributed by atoms with Crippen molar-refractivity contribution in [2.45, 2.75) is 13.0 Å². The number of thiophene rings is 1. The lowest BCUT2D eigenvalue weighted by Gasteiger charge is -2.16. The van der Waals surface area contributed by atoms with Crippen LogP contribution in [-0.2, 0) is 6.54 Å². The predicted molar refractivity (Wildman–Crippen MR) is 93.1 cm³/mol. The minimum absolute atomic E-state index is 0.375. The third-order valence-electron chi connectivity index (χ3n) is 3.10. The lowest BCUT2D eigenvalue weighted by molar-refractivity contribution is 0.259. The Morgan fingerprint density at radius 2 is 2.10 bits per heavy atom. The molecule has 0 atom stereocenters. The Morgan fingerprint density at radius 1 is 1.29 bits per heavy atom. The van der Waals surface area contributed by atoms with E-state index in [9.17, 15) is 0 Å². The van der Waals surface area contributed by atoms with Gasteiger partial charge in [0.15, 0.2) is 0 Å². The quantitative estimate of drug-likeness (QED) is 0.598. The number of benzene rings is 1. The van der Waals surface area contributed by atoms with E-state index in [0.29, 0.717) is 11.6 Å². The molecule has 0 radical (unpaired) electrons. The maximum atomic E-state index is 5.79. The van der Waals surface area contributed by atoms with Crippen LogP contribution in [0.1, 0.15) is 16.9 Å². The zero-order valence-corrected chi connectivity index (χ0v) is 13.8. The van der Waals surface area contributed by atoms with Crippen LogP contribution in [-0.4, -0.2) is 30.1 Å². The van der Waals surface area contributed by atoms with Crippen molar-refractivity contribution >= 4 is 28.5 Å². The molecule has 3 nitrogen and oxygen atoms in total. The molecular weight excluding hydrogens is 300 g/mol. The van der Waals surface area contributed by atoms with Crippen LogP contribution in [0.5, 0.6) is 5.75 Å².